The molecule has 3 aromatic rings. The van der Waals surface area contributed by atoms with Crippen LogP contribution in [0.2, 0.25) is 5.02 Å². The van der Waals surface area contributed by atoms with Crippen molar-refractivity contribution in [1.82, 2.24) is 25.1 Å². The van der Waals surface area contributed by atoms with Gasteiger partial charge in [-0.25, -0.2) is 4.79 Å². The van der Waals surface area contributed by atoms with Crippen molar-refractivity contribution in [2.75, 3.05) is 43.5 Å². The Morgan fingerprint density at radius 1 is 1.13 bits per heavy atom. The Morgan fingerprint density at radius 3 is 2.60 bits per heavy atom. The second-order valence-electron chi connectivity index (χ2n) is 6.91. The highest BCUT2D eigenvalue weighted by Gasteiger charge is 2.22. The number of aryl methyl sites for hydroxylation is 1. The minimum absolute atomic E-state index is 0.148. The van der Waals surface area contributed by atoms with E-state index in [-0.39, 0.29) is 6.03 Å². The Labute approximate surface area is 179 Å². The van der Waals surface area contributed by atoms with Gasteiger partial charge in [0.05, 0.1) is 7.11 Å². The van der Waals surface area contributed by atoms with Gasteiger partial charge in [-0.1, -0.05) is 17.7 Å². The van der Waals surface area contributed by atoms with Crippen LogP contribution in [0.1, 0.15) is 5.82 Å². The van der Waals surface area contributed by atoms with Gasteiger partial charge in [0.1, 0.15) is 11.4 Å². The first-order valence-corrected chi connectivity index (χ1v) is 9.93. The molecule has 2 aromatic carbocycles. The molecule has 1 N–H and O–H groups in total. The van der Waals surface area contributed by atoms with E-state index >= 15 is 0 Å². The van der Waals surface area contributed by atoms with E-state index in [1.807, 2.05) is 24.3 Å². The van der Waals surface area contributed by atoms with Crippen LogP contribution in [-0.4, -0.2) is 64.4 Å². The van der Waals surface area contributed by atoms with Crippen LogP contribution < -0.4 is 15.0 Å². The van der Waals surface area contributed by atoms with Gasteiger partial charge in [-0.3, -0.25) is 0 Å². The van der Waals surface area contributed by atoms with Crippen LogP contribution in [0.25, 0.3) is 5.69 Å². The largest absolute Gasteiger partial charge is 0.494 e. The number of nitrogens with zero attached hydrogens (tertiary/aromatic N) is 6. The third-order valence-electron chi connectivity index (χ3n) is 5.02. The van der Waals surface area contributed by atoms with E-state index < -0.39 is 0 Å². The molecule has 0 radical (unpaired) electrons. The minimum atomic E-state index is -0.148. The number of aromatic nitrogens is 4. The molecule has 1 aliphatic heterocycles. The maximum Gasteiger partial charge on any atom is 0.321 e. The summed E-state index contributed by atoms with van der Waals surface area (Å²) in [4.78, 5) is 16.8. The molecule has 30 heavy (non-hydrogen) atoms. The summed E-state index contributed by atoms with van der Waals surface area (Å²) in [5.41, 5.74) is 2.37. The van der Waals surface area contributed by atoms with Crippen molar-refractivity contribution in [3.05, 3.63) is 53.3 Å². The smallest absolute Gasteiger partial charge is 0.321 e. The molecule has 0 spiro atoms. The van der Waals surface area contributed by atoms with E-state index in [0.29, 0.717) is 41.1 Å². The molecular formula is C20H22ClN7O2. The molecule has 10 heteroatoms. The number of carbonyl (C=O) groups excluding carboxylic acids is 1. The number of benzene rings is 2. The topological polar surface area (TPSA) is 88.4 Å². The molecule has 0 unspecified atom stereocenters. The highest BCUT2D eigenvalue weighted by molar-refractivity contribution is 6.30. The molecule has 9 nitrogen and oxygen atoms in total. The molecule has 1 aliphatic rings. The fourth-order valence-corrected chi connectivity index (χ4v) is 3.62. The maximum atomic E-state index is 12.8. The molecule has 0 atom stereocenters. The van der Waals surface area contributed by atoms with Gasteiger partial charge in [0.15, 0.2) is 5.82 Å². The van der Waals surface area contributed by atoms with E-state index in [2.05, 4.69) is 25.7 Å². The summed E-state index contributed by atoms with van der Waals surface area (Å²) in [5.74, 6) is 1.23. The second kappa shape index (κ2) is 8.58. The third-order valence-corrected chi connectivity index (χ3v) is 5.26. The summed E-state index contributed by atoms with van der Waals surface area (Å²) in [7, 11) is 1.58. The van der Waals surface area contributed by atoms with Crippen molar-refractivity contribution in [3.8, 4) is 11.4 Å². The number of halogens is 1. The van der Waals surface area contributed by atoms with Crippen LogP contribution in [0.15, 0.2) is 42.5 Å². The number of nitrogens with one attached hydrogen (secondary N) is 1. The van der Waals surface area contributed by atoms with Crippen LogP contribution in [0.5, 0.6) is 5.75 Å². The summed E-state index contributed by atoms with van der Waals surface area (Å²) in [6, 6.07) is 13.0. The normalized spacial score (nSPS) is 14.0. The Bertz CT molecular complexity index is 1050. The Morgan fingerprint density at radius 2 is 1.93 bits per heavy atom. The second-order valence-corrected chi connectivity index (χ2v) is 7.35. The van der Waals surface area contributed by atoms with Crippen LogP contribution in [-0.2, 0) is 0 Å². The quantitative estimate of drug-likeness (QED) is 0.688. The molecule has 2 amide bonds. The number of amides is 2. The molecule has 4 rings (SSSR count). The van der Waals surface area contributed by atoms with Crippen LogP contribution in [0.3, 0.4) is 0 Å². The first-order chi connectivity index (χ1) is 14.5. The number of urea groups is 1. The van der Waals surface area contributed by atoms with Crippen LogP contribution in [0.4, 0.5) is 16.2 Å². The fraction of sp³-hybridized carbons (Fsp3) is 0.300. The standard InChI is InChI=1S/C20H22ClN7O2/c1-14-23-24-25-28(14)18-13-16(6-7-19(18)30-2)22-20(29)27-10-8-26(9-11-27)17-5-3-4-15(21)12-17/h3-7,12-13H,8-11H2,1-2H3,(H,22,29). The lowest BCUT2D eigenvalue weighted by Gasteiger charge is -2.36. The summed E-state index contributed by atoms with van der Waals surface area (Å²) in [6.45, 7) is 4.52. The zero-order valence-electron chi connectivity index (χ0n) is 16.7. The lowest BCUT2D eigenvalue weighted by molar-refractivity contribution is 0.208. The summed E-state index contributed by atoms with van der Waals surface area (Å²) < 4.78 is 6.98. The van der Waals surface area contributed by atoms with E-state index in [1.165, 1.54) is 0 Å². The number of anilines is 2. The maximum absolute atomic E-state index is 12.8. The molecule has 1 saturated heterocycles. The number of hydrogen-bond acceptors (Lipinski definition) is 6. The van der Waals surface area contributed by atoms with E-state index in [0.717, 1.165) is 18.8 Å². The van der Waals surface area contributed by atoms with Crippen molar-refractivity contribution >= 4 is 29.0 Å². The monoisotopic (exact) mass is 427 g/mol. The number of hydrogen-bond donors (Lipinski definition) is 1. The van der Waals surface area contributed by atoms with Gasteiger partial charge < -0.3 is 19.9 Å². The van der Waals surface area contributed by atoms with Crippen molar-refractivity contribution in [3.63, 3.8) is 0 Å². The highest BCUT2D eigenvalue weighted by atomic mass is 35.5. The Hall–Kier alpha value is -3.33. The van der Waals surface area contributed by atoms with Gasteiger partial charge in [-0.05, 0) is 53.7 Å². The number of methoxy groups -OCH3 is 1. The molecular weight excluding hydrogens is 406 g/mol. The first kappa shape index (κ1) is 20.0. The molecule has 156 valence electrons. The first-order valence-electron chi connectivity index (χ1n) is 9.55. The van der Waals surface area contributed by atoms with E-state index in [9.17, 15) is 4.79 Å². The lowest BCUT2D eigenvalue weighted by atomic mass is 10.2. The Balaban J connectivity index is 1.43. The molecule has 1 fully saturated rings. The Kier molecular flexibility index (Phi) is 5.71. The molecule has 0 aliphatic carbocycles. The van der Waals surface area contributed by atoms with Gasteiger partial charge in [-0.15, -0.1) is 5.10 Å². The number of carbonyl (C=O) groups is 1. The van der Waals surface area contributed by atoms with Gasteiger partial charge >= 0.3 is 6.03 Å². The average Bonchev–Trinajstić information content (AvgIpc) is 3.19. The van der Waals surface area contributed by atoms with E-state index in [1.54, 1.807) is 41.8 Å². The molecule has 1 aromatic heterocycles. The number of piperazine rings is 1. The number of ether oxygens (including phenoxy) is 1. The van der Waals surface area contributed by atoms with Crippen molar-refractivity contribution in [2.24, 2.45) is 0 Å². The van der Waals surface area contributed by atoms with Gasteiger partial charge in [0.25, 0.3) is 0 Å². The summed E-state index contributed by atoms with van der Waals surface area (Å²) in [6.07, 6.45) is 0. The predicted molar refractivity (Wildman–Crippen MR) is 115 cm³/mol. The number of tetrazole rings is 1. The van der Waals surface area contributed by atoms with Crippen LogP contribution >= 0.6 is 11.6 Å². The highest BCUT2D eigenvalue weighted by Crippen LogP contribution is 2.27. The van der Waals surface area contributed by atoms with Crippen molar-refractivity contribution in [1.29, 1.82) is 0 Å². The lowest BCUT2D eigenvalue weighted by Crippen LogP contribution is -2.50. The zero-order chi connectivity index (χ0) is 21.1. The van der Waals surface area contributed by atoms with Crippen molar-refractivity contribution in [2.45, 2.75) is 6.92 Å². The third kappa shape index (κ3) is 4.16. The SMILES string of the molecule is COc1ccc(NC(=O)N2CCN(c3cccc(Cl)c3)CC2)cc1-n1nnnc1C. The summed E-state index contributed by atoms with van der Waals surface area (Å²) >= 11 is 6.09. The van der Waals surface area contributed by atoms with Crippen molar-refractivity contribution < 1.29 is 9.53 Å². The fourth-order valence-electron chi connectivity index (χ4n) is 3.43. The van der Waals surface area contributed by atoms with Gasteiger partial charge in [-0.2, -0.15) is 4.68 Å². The molecule has 0 saturated carbocycles. The predicted octanol–water partition coefficient (Wildman–Crippen LogP) is 2.99. The number of rotatable bonds is 4. The van der Waals surface area contributed by atoms with E-state index in [4.69, 9.17) is 16.3 Å². The zero-order valence-corrected chi connectivity index (χ0v) is 17.5. The van der Waals surface area contributed by atoms with Gasteiger partial charge in [0.2, 0.25) is 0 Å². The summed E-state index contributed by atoms with van der Waals surface area (Å²) in [5, 5.41) is 15.2. The molecule has 0 bridgehead atoms. The van der Waals surface area contributed by atoms with Crippen LogP contribution in [0, 0.1) is 6.92 Å². The van der Waals surface area contributed by atoms with Gasteiger partial charge in [0, 0.05) is 42.6 Å². The minimum Gasteiger partial charge on any atom is -0.494 e. The average molecular weight is 428 g/mol. The molecule has 2 heterocycles.